The van der Waals surface area contributed by atoms with Crippen LogP contribution in [0, 0.1) is 0 Å². The molecule has 1 aromatic carbocycles. The highest BCUT2D eigenvalue weighted by molar-refractivity contribution is 6.10. The van der Waals surface area contributed by atoms with E-state index in [1.807, 2.05) is 30.5 Å². The molecule has 0 aliphatic rings. The number of ether oxygens (including phenoxy) is 1. The highest BCUT2D eigenvalue weighted by Crippen LogP contribution is 2.42. The van der Waals surface area contributed by atoms with Crippen LogP contribution in [0.1, 0.15) is 12.5 Å². The Hall–Kier alpha value is -2.28. The van der Waals surface area contributed by atoms with Crippen molar-refractivity contribution in [3.63, 3.8) is 0 Å². The van der Waals surface area contributed by atoms with Crippen LogP contribution in [0.15, 0.2) is 30.6 Å². The van der Waals surface area contributed by atoms with Gasteiger partial charge in [0, 0.05) is 35.6 Å². The summed E-state index contributed by atoms with van der Waals surface area (Å²) in [5.74, 6) is 0.189. The Labute approximate surface area is 143 Å². The molecule has 0 N–H and O–H groups in total. The SMILES string of the molecule is COc1cc(C(F)(F)F)c2c3ccncc3n(CC(C)N(C)C)c2c1. The Bertz CT molecular complexity index is 915. The minimum atomic E-state index is -4.47. The van der Waals surface area contributed by atoms with E-state index in [-0.39, 0.29) is 17.2 Å². The highest BCUT2D eigenvalue weighted by atomic mass is 19.4. The van der Waals surface area contributed by atoms with Crippen molar-refractivity contribution in [3.8, 4) is 5.75 Å². The molecule has 0 spiro atoms. The second kappa shape index (κ2) is 6.22. The molecule has 1 atom stereocenters. The van der Waals surface area contributed by atoms with Gasteiger partial charge < -0.3 is 14.2 Å². The van der Waals surface area contributed by atoms with Gasteiger partial charge >= 0.3 is 6.18 Å². The Balaban J connectivity index is 2.41. The fraction of sp³-hybridized carbons (Fsp3) is 0.389. The fourth-order valence-corrected chi connectivity index (χ4v) is 3.00. The van der Waals surface area contributed by atoms with Gasteiger partial charge in [0.05, 0.1) is 29.9 Å². The van der Waals surface area contributed by atoms with Crippen LogP contribution in [0.25, 0.3) is 21.8 Å². The average molecular weight is 351 g/mol. The summed E-state index contributed by atoms with van der Waals surface area (Å²) in [6, 6.07) is 4.49. The van der Waals surface area contributed by atoms with Crippen molar-refractivity contribution >= 4 is 21.8 Å². The zero-order valence-electron chi connectivity index (χ0n) is 14.6. The van der Waals surface area contributed by atoms with Gasteiger partial charge in [-0.2, -0.15) is 13.2 Å². The van der Waals surface area contributed by atoms with E-state index in [2.05, 4.69) is 4.98 Å². The van der Waals surface area contributed by atoms with Gasteiger partial charge in [-0.1, -0.05) is 0 Å². The first-order chi connectivity index (χ1) is 11.7. The van der Waals surface area contributed by atoms with Gasteiger partial charge in [-0.3, -0.25) is 4.98 Å². The van der Waals surface area contributed by atoms with Crippen LogP contribution in [0.4, 0.5) is 13.2 Å². The molecule has 0 aliphatic heterocycles. The van der Waals surface area contributed by atoms with Gasteiger partial charge in [0.1, 0.15) is 5.75 Å². The number of nitrogens with zero attached hydrogens (tertiary/aromatic N) is 3. The molecule has 0 aliphatic carbocycles. The third-order valence-electron chi connectivity index (χ3n) is 4.61. The number of fused-ring (bicyclic) bond motifs is 3. The summed E-state index contributed by atoms with van der Waals surface area (Å²) < 4.78 is 48.0. The number of hydrogen-bond acceptors (Lipinski definition) is 3. The molecule has 134 valence electrons. The van der Waals surface area contributed by atoms with Gasteiger partial charge in [0.15, 0.2) is 0 Å². The maximum Gasteiger partial charge on any atom is 0.417 e. The zero-order chi connectivity index (χ0) is 18.4. The largest absolute Gasteiger partial charge is 0.497 e. The van der Waals surface area contributed by atoms with E-state index in [9.17, 15) is 13.2 Å². The number of likely N-dealkylation sites (N-methyl/N-ethyl adjacent to an activating group) is 1. The number of halogens is 3. The molecular weight excluding hydrogens is 331 g/mol. The lowest BCUT2D eigenvalue weighted by molar-refractivity contribution is -0.136. The zero-order valence-corrected chi connectivity index (χ0v) is 14.6. The Morgan fingerprint density at radius 1 is 1.24 bits per heavy atom. The minimum absolute atomic E-state index is 0.138. The van der Waals surface area contributed by atoms with E-state index < -0.39 is 11.7 Å². The number of rotatable bonds is 4. The van der Waals surface area contributed by atoms with E-state index in [4.69, 9.17) is 4.74 Å². The van der Waals surface area contributed by atoms with Crippen LogP contribution in [-0.4, -0.2) is 41.7 Å². The topological polar surface area (TPSA) is 30.3 Å². The molecule has 4 nitrogen and oxygen atoms in total. The highest BCUT2D eigenvalue weighted by Gasteiger charge is 2.35. The van der Waals surface area contributed by atoms with E-state index in [0.29, 0.717) is 23.0 Å². The second-order valence-corrected chi connectivity index (χ2v) is 6.38. The molecular formula is C18H20F3N3O. The summed E-state index contributed by atoms with van der Waals surface area (Å²) in [6.07, 6.45) is -1.33. The molecule has 3 aromatic rings. The van der Waals surface area contributed by atoms with Crippen molar-refractivity contribution < 1.29 is 17.9 Å². The minimum Gasteiger partial charge on any atom is -0.497 e. The summed E-state index contributed by atoms with van der Waals surface area (Å²) >= 11 is 0. The first kappa shape index (κ1) is 17.5. The molecule has 7 heteroatoms. The first-order valence-electron chi connectivity index (χ1n) is 7.91. The average Bonchev–Trinajstić information content (AvgIpc) is 2.87. The standard InChI is InChI=1S/C18H20F3N3O/c1-11(23(2)3)10-24-15-8-12(25-4)7-14(18(19,20)21)17(15)13-5-6-22-9-16(13)24/h5-9,11H,10H2,1-4H3. The maximum absolute atomic E-state index is 13.7. The lowest BCUT2D eigenvalue weighted by Crippen LogP contribution is -2.29. The van der Waals surface area contributed by atoms with Crippen LogP contribution < -0.4 is 4.74 Å². The number of benzene rings is 1. The monoisotopic (exact) mass is 351 g/mol. The van der Waals surface area contributed by atoms with Crippen molar-refractivity contribution in [1.82, 2.24) is 14.5 Å². The number of methoxy groups -OCH3 is 1. The normalized spacial score (nSPS) is 13.8. The third kappa shape index (κ3) is 3.04. The number of pyridine rings is 1. The summed E-state index contributed by atoms with van der Waals surface area (Å²) in [6.45, 7) is 2.57. The third-order valence-corrected chi connectivity index (χ3v) is 4.61. The van der Waals surface area contributed by atoms with E-state index >= 15 is 0 Å². The number of aromatic nitrogens is 2. The van der Waals surface area contributed by atoms with E-state index in [0.717, 1.165) is 6.07 Å². The van der Waals surface area contributed by atoms with Crippen LogP contribution >= 0.6 is 0 Å². The molecule has 0 saturated carbocycles. The van der Waals surface area contributed by atoms with Gasteiger partial charge in [0.25, 0.3) is 0 Å². The number of hydrogen-bond donors (Lipinski definition) is 0. The smallest absolute Gasteiger partial charge is 0.417 e. The molecule has 0 amide bonds. The summed E-state index contributed by atoms with van der Waals surface area (Å²) in [5.41, 5.74) is 0.502. The molecule has 25 heavy (non-hydrogen) atoms. The van der Waals surface area contributed by atoms with Crippen LogP contribution in [0.5, 0.6) is 5.75 Å². The second-order valence-electron chi connectivity index (χ2n) is 6.38. The molecule has 1 unspecified atom stereocenters. The van der Waals surface area contributed by atoms with Crippen molar-refractivity contribution in [2.75, 3.05) is 21.2 Å². The van der Waals surface area contributed by atoms with Crippen molar-refractivity contribution in [2.45, 2.75) is 25.7 Å². The Morgan fingerprint density at radius 3 is 2.56 bits per heavy atom. The quantitative estimate of drug-likeness (QED) is 0.707. The van der Waals surface area contributed by atoms with E-state index in [1.165, 1.54) is 13.3 Å². The maximum atomic E-state index is 13.7. The Kier molecular flexibility index (Phi) is 4.36. The van der Waals surface area contributed by atoms with Gasteiger partial charge in [0.2, 0.25) is 0 Å². The van der Waals surface area contributed by atoms with Gasteiger partial charge in [-0.25, -0.2) is 0 Å². The molecule has 0 bridgehead atoms. The van der Waals surface area contributed by atoms with Crippen LogP contribution in [-0.2, 0) is 12.7 Å². The lowest BCUT2D eigenvalue weighted by Gasteiger charge is -2.21. The predicted octanol–water partition coefficient (Wildman–Crippen LogP) is 4.17. The van der Waals surface area contributed by atoms with Crippen LogP contribution in [0.2, 0.25) is 0 Å². The van der Waals surface area contributed by atoms with E-state index in [1.54, 1.807) is 18.3 Å². The summed E-state index contributed by atoms with van der Waals surface area (Å²) in [4.78, 5) is 6.14. The molecule has 0 radical (unpaired) electrons. The predicted molar refractivity (Wildman–Crippen MR) is 91.9 cm³/mol. The van der Waals surface area contributed by atoms with Gasteiger partial charge in [-0.15, -0.1) is 0 Å². The van der Waals surface area contributed by atoms with Gasteiger partial charge in [-0.05, 0) is 33.2 Å². The molecule has 0 saturated heterocycles. The van der Waals surface area contributed by atoms with Crippen molar-refractivity contribution in [1.29, 1.82) is 0 Å². The summed E-state index contributed by atoms with van der Waals surface area (Å²) in [7, 11) is 5.26. The Morgan fingerprint density at radius 2 is 1.96 bits per heavy atom. The molecule has 2 aromatic heterocycles. The fourth-order valence-electron chi connectivity index (χ4n) is 3.00. The summed E-state index contributed by atoms with van der Waals surface area (Å²) in [5, 5.41) is 0.739. The van der Waals surface area contributed by atoms with Crippen LogP contribution in [0.3, 0.4) is 0 Å². The molecule has 0 fully saturated rings. The lowest BCUT2D eigenvalue weighted by atomic mass is 10.1. The molecule has 2 heterocycles. The van der Waals surface area contributed by atoms with Crippen molar-refractivity contribution in [2.24, 2.45) is 0 Å². The first-order valence-corrected chi connectivity index (χ1v) is 7.91. The number of alkyl halides is 3. The molecule has 3 rings (SSSR count). The van der Waals surface area contributed by atoms with Crippen molar-refractivity contribution in [3.05, 3.63) is 36.2 Å².